The van der Waals surface area contributed by atoms with Gasteiger partial charge in [0.05, 0.1) is 0 Å². The van der Waals surface area contributed by atoms with Crippen LogP contribution in [0.25, 0.3) is 0 Å². The number of ether oxygens (including phenoxy) is 1. The maximum Gasteiger partial charge on any atom is 0.0468 e. The quantitative estimate of drug-likeness (QED) is 0.633. The third-order valence-corrected chi connectivity index (χ3v) is 3.43. The van der Waals surface area contributed by atoms with Gasteiger partial charge in [-0.15, -0.1) is 0 Å². The number of rotatable bonds is 2. The van der Waals surface area contributed by atoms with Gasteiger partial charge in [0.2, 0.25) is 0 Å². The summed E-state index contributed by atoms with van der Waals surface area (Å²) in [6, 6.07) is 0. The van der Waals surface area contributed by atoms with E-state index in [0.29, 0.717) is 0 Å². The molecule has 1 aliphatic rings. The summed E-state index contributed by atoms with van der Waals surface area (Å²) < 4.78 is 5.32. The summed E-state index contributed by atoms with van der Waals surface area (Å²) in [4.78, 5) is 1.22. The van der Waals surface area contributed by atoms with Gasteiger partial charge in [0.25, 0.3) is 0 Å². The third kappa shape index (κ3) is 3.74. The van der Waals surface area contributed by atoms with Crippen molar-refractivity contribution in [1.82, 2.24) is 0 Å². The molecule has 1 heterocycles. The number of thiocarbonyl (C=S) groups is 1. The predicted molar refractivity (Wildman–Crippen MR) is 60.2 cm³/mol. The van der Waals surface area contributed by atoms with E-state index in [2.05, 4.69) is 20.8 Å². The van der Waals surface area contributed by atoms with Crippen molar-refractivity contribution in [3.05, 3.63) is 0 Å². The maximum atomic E-state index is 5.43. The SMILES string of the molecule is CC(C)(C)C(=S)CC1CCOCC1. The summed E-state index contributed by atoms with van der Waals surface area (Å²) in [6.07, 6.45) is 3.49. The van der Waals surface area contributed by atoms with Gasteiger partial charge in [0, 0.05) is 13.2 Å². The van der Waals surface area contributed by atoms with E-state index in [1.165, 1.54) is 17.7 Å². The van der Waals surface area contributed by atoms with Crippen LogP contribution in [0, 0.1) is 11.3 Å². The highest BCUT2D eigenvalue weighted by atomic mass is 32.1. The van der Waals surface area contributed by atoms with Crippen molar-refractivity contribution < 1.29 is 4.74 Å². The first kappa shape index (κ1) is 11.1. The molecule has 0 atom stereocenters. The van der Waals surface area contributed by atoms with Crippen molar-refractivity contribution in [2.24, 2.45) is 11.3 Å². The van der Waals surface area contributed by atoms with Gasteiger partial charge >= 0.3 is 0 Å². The fourth-order valence-corrected chi connectivity index (χ4v) is 1.75. The minimum Gasteiger partial charge on any atom is -0.381 e. The highest BCUT2D eigenvalue weighted by Gasteiger charge is 2.22. The molecule has 0 saturated carbocycles. The Morgan fingerprint density at radius 3 is 2.31 bits per heavy atom. The van der Waals surface area contributed by atoms with Gasteiger partial charge in [-0.3, -0.25) is 0 Å². The molecule has 2 heteroatoms. The van der Waals surface area contributed by atoms with Gasteiger partial charge < -0.3 is 4.74 Å². The first-order valence-electron chi connectivity index (χ1n) is 5.11. The molecule has 0 aromatic carbocycles. The Hall–Kier alpha value is 0.0500. The minimum atomic E-state index is 0.202. The molecule has 0 bridgehead atoms. The summed E-state index contributed by atoms with van der Waals surface area (Å²) >= 11 is 5.43. The van der Waals surface area contributed by atoms with Gasteiger partial charge in [0.1, 0.15) is 0 Å². The molecule has 0 amide bonds. The second kappa shape index (κ2) is 4.52. The summed E-state index contributed by atoms with van der Waals surface area (Å²) in [5.74, 6) is 0.778. The van der Waals surface area contributed by atoms with Gasteiger partial charge in [-0.1, -0.05) is 33.0 Å². The molecule has 0 unspecified atom stereocenters. The van der Waals surface area contributed by atoms with Crippen molar-refractivity contribution in [3.63, 3.8) is 0 Å². The first-order chi connectivity index (χ1) is 6.00. The maximum absolute atomic E-state index is 5.43. The van der Waals surface area contributed by atoms with Gasteiger partial charge in [0.15, 0.2) is 0 Å². The van der Waals surface area contributed by atoms with Crippen LogP contribution in [-0.4, -0.2) is 18.1 Å². The second-order valence-electron chi connectivity index (χ2n) is 4.93. The molecule has 76 valence electrons. The van der Waals surface area contributed by atoms with Gasteiger partial charge in [-0.2, -0.15) is 0 Å². The van der Waals surface area contributed by atoms with Crippen molar-refractivity contribution >= 4 is 17.1 Å². The van der Waals surface area contributed by atoms with E-state index in [1.807, 2.05) is 0 Å². The summed E-state index contributed by atoms with van der Waals surface area (Å²) in [5, 5.41) is 0. The molecule has 0 N–H and O–H groups in total. The molecule has 1 nitrogen and oxygen atoms in total. The molecule has 0 aliphatic carbocycles. The van der Waals surface area contributed by atoms with Crippen LogP contribution in [0.5, 0.6) is 0 Å². The molecular formula is C11H20OS. The number of hydrogen-bond acceptors (Lipinski definition) is 2. The smallest absolute Gasteiger partial charge is 0.0468 e. The van der Waals surface area contributed by atoms with Crippen LogP contribution in [-0.2, 0) is 4.74 Å². The molecule has 1 aliphatic heterocycles. The van der Waals surface area contributed by atoms with Gasteiger partial charge in [-0.05, 0) is 35.5 Å². The highest BCUT2D eigenvalue weighted by molar-refractivity contribution is 7.80. The van der Waals surface area contributed by atoms with E-state index in [9.17, 15) is 0 Å². The zero-order chi connectivity index (χ0) is 9.90. The van der Waals surface area contributed by atoms with Crippen LogP contribution in [0.15, 0.2) is 0 Å². The van der Waals surface area contributed by atoms with Crippen LogP contribution in [0.4, 0.5) is 0 Å². The van der Waals surface area contributed by atoms with E-state index in [-0.39, 0.29) is 5.41 Å². The Labute approximate surface area is 86.9 Å². The molecule has 0 radical (unpaired) electrons. The molecule has 1 saturated heterocycles. The van der Waals surface area contributed by atoms with Crippen molar-refractivity contribution in [2.45, 2.75) is 40.0 Å². The lowest BCUT2D eigenvalue weighted by atomic mass is 9.84. The molecule has 0 aromatic rings. The molecule has 0 spiro atoms. The molecule has 1 rings (SSSR count). The fraction of sp³-hybridized carbons (Fsp3) is 0.909. The van der Waals surface area contributed by atoms with Gasteiger partial charge in [-0.25, -0.2) is 0 Å². The lowest BCUT2D eigenvalue weighted by Gasteiger charge is -2.27. The monoisotopic (exact) mass is 200 g/mol. The largest absolute Gasteiger partial charge is 0.381 e. The Balaban J connectivity index is 2.35. The molecule has 13 heavy (non-hydrogen) atoms. The Morgan fingerprint density at radius 1 is 1.31 bits per heavy atom. The standard InChI is InChI=1S/C11H20OS/c1-11(2,3)10(13)8-9-4-6-12-7-5-9/h9H,4-8H2,1-3H3. The lowest BCUT2D eigenvalue weighted by Crippen LogP contribution is -2.24. The molecule has 1 fully saturated rings. The van der Waals surface area contributed by atoms with Crippen molar-refractivity contribution in [1.29, 1.82) is 0 Å². The Morgan fingerprint density at radius 2 is 1.85 bits per heavy atom. The van der Waals surface area contributed by atoms with Crippen LogP contribution in [0.2, 0.25) is 0 Å². The van der Waals surface area contributed by atoms with E-state index in [0.717, 1.165) is 25.6 Å². The zero-order valence-electron chi connectivity index (χ0n) is 8.93. The Kier molecular flexibility index (Phi) is 3.87. The third-order valence-electron chi connectivity index (χ3n) is 2.65. The van der Waals surface area contributed by atoms with Crippen molar-refractivity contribution in [2.75, 3.05) is 13.2 Å². The van der Waals surface area contributed by atoms with E-state index in [1.54, 1.807) is 0 Å². The Bertz CT molecular complexity index is 175. The first-order valence-corrected chi connectivity index (χ1v) is 5.52. The van der Waals surface area contributed by atoms with E-state index >= 15 is 0 Å². The average molecular weight is 200 g/mol. The summed E-state index contributed by atoms with van der Waals surface area (Å²) in [7, 11) is 0. The number of hydrogen-bond donors (Lipinski definition) is 0. The van der Waals surface area contributed by atoms with Crippen LogP contribution < -0.4 is 0 Å². The van der Waals surface area contributed by atoms with Crippen LogP contribution in [0.1, 0.15) is 40.0 Å². The average Bonchev–Trinajstić information content (AvgIpc) is 2.04. The lowest BCUT2D eigenvalue weighted by molar-refractivity contribution is 0.0681. The molecule has 0 aromatic heterocycles. The molecular weight excluding hydrogens is 180 g/mol. The second-order valence-corrected chi connectivity index (χ2v) is 5.43. The minimum absolute atomic E-state index is 0.202. The van der Waals surface area contributed by atoms with Crippen molar-refractivity contribution in [3.8, 4) is 0 Å². The van der Waals surface area contributed by atoms with Crippen LogP contribution >= 0.6 is 12.2 Å². The fourth-order valence-electron chi connectivity index (χ4n) is 1.52. The highest BCUT2D eigenvalue weighted by Crippen LogP contribution is 2.26. The topological polar surface area (TPSA) is 9.23 Å². The zero-order valence-corrected chi connectivity index (χ0v) is 9.75. The van der Waals surface area contributed by atoms with Crippen LogP contribution in [0.3, 0.4) is 0 Å². The predicted octanol–water partition coefficient (Wildman–Crippen LogP) is 3.22. The van der Waals surface area contributed by atoms with E-state index in [4.69, 9.17) is 17.0 Å². The van der Waals surface area contributed by atoms with E-state index < -0.39 is 0 Å². The normalized spacial score (nSPS) is 20.2. The summed E-state index contributed by atoms with van der Waals surface area (Å²) in [6.45, 7) is 8.47. The summed E-state index contributed by atoms with van der Waals surface area (Å²) in [5.41, 5.74) is 0.202.